The standard InChI is InChI=1S/C30H30ClFN4O3/c1-19(2)36(17-28(38)34-15-23-7-4-8-26(31)30(23)32)29(39)18-35-16-25(20(3)37)24-13-21(9-10-27(24)35)12-22-6-5-11-33-14-22/h4-11,13-14,16,19H,12,15,17-18H2,1-3H3,(H,34,38). The maximum Gasteiger partial charge on any atom is 0.243 e. The Kier molecular flexibility index (Phi) is 8.76. The zero-order chi connectivity index (χ0) is 28.1. The molecule has 0 saturated heterocycles. The van der Waals surface area contributed by atoms with Crippen LogP contribution in [0.25, 0.3) is 10.9 Å². The molecule has 202 valence electrons. The van der Waals surface area contributed by atoms with Gasteiger partial charge in [0, 0.05) is 53.2 Å². The smallest absolute Gasteiger partial charge is 0.243 e. The van der Waals surface area contributed by atoms with E-state index in [2.05, 4.69) is 10.3 Å². The van der Waals surface area contributed by atoms with Crippen LogP contribution < -0.4 is 5.32 Å². The summed E-state index contributed by atoms with van der Waals surface area (Å²) in [6, 6.07) is 14.1. The van der Waals surface area contributed by atoms with Gasteiger partial charge in [0.25, 0.3) is 0 Å². The fourth-order valence-corrected chi connectivity index (χ4v) is 4.68. The first kappa shape index (κ1) is 28.0. The van der Waals surface area contributed by atoms with Gasteiger partial charge in [0.15, 0.2) is 5.78 Å². The predicted molar refractivity (Wildman–Crippen MR) is 149 cm³/mol. The van der Waals surface area contributed by atoms with Crippen LogP contribution in [0.15, 0.2) is 67.1 Å². The third-order valence-electron chi connectivity index (χ3n) is 6.53. The van der Waals surface area contributed by atoms with E-state index in [9.17, 15) is 18.8 Å². The van der Waals surface area contributed by atoms with Crippen LogP contribution in [-0.4, -0.2) is 44.6 Å². The number of hydrogen-bond acceptors (Lipinski definition) is 4. The summed E-state index contributed by atoms with van der Waals surface area (Å²) in [5, 5.41) is 3.41. The van der Waals surface area contributed by atoms with Gasteiger partial charge in [0.2, 0.25) is 11.8 Å². The maximum absolute atomic E-state index is 14.2. The number of carbonyl (C=O) groups excluding carboxylic acids is 3. The quantitative estimate of drug-likeness (QED) is 0.277. The van der Waals surface area contributed by atoms with Gasteiger partial charge >= 0.3 is 0 Å². The Morgan fingerprint density at radius 3 is 2.59 bits per heavy atom. The molecule has 0 saturated carbocycles. The summed E-state index contributed by atoms with van der Waals surface area (Å²) in [6.45, 7) is 4.87. The normalized spacial score (nSPS) is 11.1. The first-order valence-corrected chi connectivity index (χ1v) is 13.0. The molecule has 0 aliphatic heterocycles. The van der Waals surface area contributed by atoms with Gasteiger partial charge in [-0.3, -0.25) is 19.4 Å². The van der Waals surface area contributed by atoms with Gasteiger partial charge in [-0.25, -0.2) is 4.39 Å². The number of nitrogens with one attached hydrogen (secondary N) is 1. The van der Waals surface area contributed by atoms with Gasteiger partial charge in [-0.2, -0.15) is 0 Å². The Morgan fingerprint density at radius 2 is 1.90 bits per heavy atom. The zero-order valence-corrected chi connectivity index (χ0v) is 22.8. The second kappa shape index (κ2) is 12.2. The molecule has 1 N–H and O–H groups in total. The molecule has 0 bridgehead atoms. The number of amides is 2. The highest BCUT2D eigenvalue weighted by Crippen LogP contribution is 2.25. The van der Waals surface area contributed by atoms with Gasteiger partial charge in [-0.1, -0.05) is 35.9 Å². The van der Waals surface area contributed by atoms with E-state index in [1.807, 2.05) is 50.4 Å². The third-order valence-corrected chi connectivity index (χ3v) is 6.82. The lowest BCUT2D eigenvalue weighted by atomic mass is 10.0. The van der Waals surface area contributed by atoms with E-state index in [-0.39, 0.29) is 48.0 Å². The largest absolute Gasteiger partial charge is 0.350 e. The van der Waals surface area contributed by atoms with Crippen LogP contribution in [0.2, 0.25) is 5.02 Å². The van der Waals surface area contributed by atoms with E-state index in [0.717, 1.165) is 22.0 Å². The summed E-state index contributed by atoms with van der Waals surface area (Å²) in [5.41, 5.74) is 3.63. The minimum Gasteiger partial charge on any atom is -0.350 e. The first-order valence-electron chi connectivity index (χ1n) is 12.6. The minimum absolute atomic E-state index is 0.0196. The molecular weight excluding hydrogens is 519 g/mol. The number of pyridine rings is 1. The molecule has 0 fully saturated rings. The minimum atomic E-state index is -0.583. The third kappa shape index (κ3) is 6.70. The Bertz CT molecular complexity index is 1520. The van der Waals surface area contributed by atoms with Crippen LogP contribution >= 0.6 is 11.6 Å². The van der Waals surface area contributed by atoms with Crippen LogP contribution in [-0.2, 0) is 29.1 Å². The molecule has 2 heterocycles. The number of Topliss-reactive ketones (excluding diaryl/α,β-unsaturated/α-hetero) is 1. The molecule has 0 atom stereocenters. The van der Waals surface area contributed by atoms with Crippen LogP contribution in [0, 0.1) is 5.82 Å². The highest BCUT2D eigenvalue weighted by molar-refractivity contribution is 6.30. The molecule has 0 unspecified atom stereocenters. The molecule has 39 heavy (non-hydrogen) atoms. The van der Waals surface area contributed by atoms with E-state index in [1.165, 1.54) is 17.9 Å². The Labute approximate surface area is 231 Å². The van der Waals surface area contributed by atoms with E-state index < -0.39 is 11.7 Å². The molecule has 2 aromatic carbocycles. The van der Waals surface area contributed by atoms with E-state index >= 15 is 0 Å². The average Bonchev–Trinajstić information content (AvgIpc) is 3.26. The predicted octanol–water partition coefficient (Wildman–Crippen LogP) is 5.18. The number of ketones is 1. The Hall–Kier alpha value is -4.04. The molecule has 2 amide bonds. The molecular formula is C30H30ClFN4O3. The molecule has 7 nitrogen and oxygen atoms in total. The lowest BCUT2D eigenvalue weighted by molar-refractivity contribution is -0.138. The number of fused-ring (bicyclic) bond motifs is 1. The van der Waals surface area contributed by atoms with Crippen LogP contribution in [0.5, 0.6) is 0 Å². The van der Waals surface area contributed by atoms with Crippen molar-refractivity contribution in [3.63, 3.8) is 0 Å². The highest BCUT2D eigenvalue weighted by Gasteiger charge is 2.22. The number of halogens is 2. The molecule has 2 aromatic heterocycles. The Balaban J connectivity index is 1.50. The fourth-order valence-electron chi connectivity index (χ4n) is 4.49. The van der Waals surface area contributed by atoms with Crippen molar-refractivity contribution in [1.29, 1.82) is 0 Å². The van der Waals surface area contributed by atoms with Crippen molar-refractivity contribution in [3.05, 3.63) is 100 Å². The maximum atomic E-state index is 14.2. The van der Waals surface area contributed by atoms with E-state index in [1.54, 1.807) is 29.1 Å². The number of nitrogens with zero attached hydrogens (tertiary/aromatic N) is 3. The van der Waals surface area contributed by atoms with Crippen LogP contribution in [0.4, 0.5) is 4.39 Å². The SMILES string of the molecule is CC(=O)c1cn(CC(=O)N(CC(=O)NCc2cccc(Cl)c2F)C(C)C)c2ccc(Cc3cccnc3)cc12. The molecule has 0 spiro atoms. The molecule has 4 aromatic rings. The van der Waals surface area contributed by atoms with Gasteiger partial charge in [0.05, 0.1) is 11.6 Å². The summed E-state index contributed by atoms with van der Waals surface area (Å²) >= 11 is 5.81. The second-order valence-corrected chi connectivity index (χ2v) is 10.1. The zero-order valence-electron chi connectivity index (χ0n) is 22.1. The van der Waals surface area contributed by atoms with Crippen molar-refractivity contribution >= 4 is 40.1 Å². The van der Waals surface area contributed by atoms with Crippen molar-refractivity contribution < 1.29 is 18.8 Å². The first-order chi connectivity index (χ1) is 18.6. The van der Waals surface area contributed by atoms with Crippen molar-refractivity contribution in [2.45, 2.75) is 46.3 Å². The summed E-state index contributed by atoms with van der Waals surface area (Å²) in [4.78, 5) is 44.1. The van der Waals surface area contributed by atoms with Crippen LogP contribution in [0.3, 0.4) is 0 Å². The molecule has 0 aliphatic carbocycles. The lowest BCUT2D eigenvalue weighted by Gasteiger charge is -2.26. The van der Waals surface area contributed by atoms with Crippen molar-refractivity contribution in [3.8, 4) is 0 Å². The van der Waals surface area contributed by atoms with E-state index in [0.29, 0.717) is 12.0 Å². The molecule has 0 aliphatic rings. The summed E-state index contributed by atoms with van der Waals surface area (Å²) < 4.78 is 15.9. The molecule has 9 heteroatoms. The summed E-state index contributed by atoms with van der Waals surface area (Å²) in [7, 11) is 0. The molecule has 4 rings (SSSR count). The number of rotatable bonds is 10. The Morgan fingerprint density at radius 1 is 1.10 bits per heavy atom. The van der Waals surface area contributed by atoms with Crippen molar-refractivity contribution in [2.24, 2.45) is 0 Å². The number of hydrogen-bond donors (Lipinski definition) is 1. The van der Waals surface area contributed by atoms with Gasteiger partial charge in [-0.15, -0.1) is 0 Å². The van der Waals surface area contributed by atoms with Gasteiger partial charge in [0.1, 0.15) is 12.4 Å². The van der Waals surface area contributed by atoms with Crippen molar-refractivity contribution in [2.75, 3.05) is 6.54 Å². The fraction of sp³-hybridized carbons (Fsp3) is 0.267. The summed E-state index contributed by atoms with van der Waals surface area (Å²) in [5.74, 6) is -1.38. The monoisotopic (exact) mass is 548 g/mol. The number of aromatic nitrogens is 2. The summed E-state index contributed by atoms with van der Waals surface area (Å²) in [6.07, 6.45) is 5.89. The van der Waals surface area contributed by atoms with Crippen molar-refractivity contribution in [1.82, 2.24) is 19.8 Å². The van der Waals surface area contributed by atoms with E-state index in [4.69, 9.17) is 11.6 Å². The topological polar surface area (TPSA) is 84.3 Å². The average molecular weight is 549 g/mol. The lowest BCUT2D eigenvalue weighted by Crippen LogP contribution is -2.45. The molecule has 0 radical (unpaired) electrons. The highest BCUT2D eigenvalue weighted by atomic mass is 35.5. The second-order valence-electron chi connectivity index (χ2n) is 9.72. The number of carbonyl (C=O) groups is 3. The van der Waals surface area contributed by atoms with Gasteiger partial charge < -0.3 is 14.8 Å². The van der Waals surface area contributed by atoms with Crippen LogP contribution in [0.1, 0.15) is 47.8 Å². The van der Waals surface area contributed by atoms with Gasteiger partial charge in [-0.05, 0) is 62.6 Å². The number of benzene rings is 2.